The molecule has 0 aliphatic carbocycles. The van der Waals surface area contributed by atoms with E-state index in [0.717, 1.165) is 47.6 Å². The van der Waals surface area contributed by atoms with Gasteiger partial charge in [-0.2, -0.15) is 0 Å². The third kappa shape index (κ3) is 15.5. The van der Waals surface area contributed by atoms with Gasteiger partial charge in [0, 0.05) is 82.8 Å². The molecular formula is C59H76FN9O8S. The number of likely N-dealkylation sites (tertiary alicyclic amines) is 2. The first-order valence-electron chi connectivity index (χ1n) is 27.3. The van der Waals surface area contributed by atoms with Gasteiger partial charge in [-0.3, -0.25) is 29.0 Å². The third-order valence-electron chi connectivity index (χ3n) is 15.2. The molecule has 418 valence electrons. The molecule has 4 aromatic carbocycles. The number of ether oxygens (including phenoxy) is 2. The first kappa shape index (κ1) is 57.8. The van der Waals surface area contributed by atoms with Crippen molar-refractivity contribution in [3.63, 3.8) is 0 Å². The Balaban J connectivity index is 0.677. The highest BCUT2D eigenvalue weighted by Gasteiger charge is 2.44. The van der Waals surface area contributed by atoms with Gasteiger partial charge in [-0.1, -0.05) is 87.5 Å². The number of amides is 6. The minimum atomic E-state index is -0.946. The number of thiazole rings is 1. The largest absolute Gasteiger partial charge is 0.391 e. The number of fused-ring (bicyclic) bond motifs is 1. The van der Waals surface area contributed by atoms with Crippen molar-refractivity contribution >= 4 is 57.5 Å². The summed E-state index contributed by atoms with van der Waals surface area (Å²) in [7, 11) is 0. The molecule has 3 aliphatic heterocycles. The number of aliphatic hydroxyl groups is 1. The predicted molar refractivity (Wildman–Crippen MR) is 300 cm³/mol. The van der Waals surface area contributed by atoms with Gasteiger partial charge in [-0.05, 0) is 96.4 Å². The maximum Gasteiger partial charge on any atom is 0.321 e. The number of anilines is 1. The monoisotopic (exact) mass is 1090 g/mol. The lowest BCUT2D eigenvalue weighted by Crippen LogP contribution is -2.57. The summed E-state index contributed by atoms with van der Waals surface area (Å²) in [6.07, 6.45) is 0.713. The average molecular weight is 1090 g/mol. The quantitative estimate of drug-likeness (QED) is 0.0481. The number of β-amino-alcohol motifs (C(OH)–C–C–N with tert-alkyl or cyclic N) is 1. The Kier molecular flexibility index (Phi) is 20.0. The molecule has 3 aliphatic rings. The molecule has 6 amide bonds. The van der Waals surface area contributed by atoms with Gasteiger partial charge in [-0.15, -0.1) is 11.3 Å². The number of rotatable bonds is 21. The van der Waals surface area contributed by atoms with E-state index in [9.17, 15) is 33.5 Å². The number of carbonyl (C=O) groups excluding carboxylic acids is 5. The Morgan fingerprint density at radius 1 is 0.821 bits per heavy atom. The standard InChI is InChI=1S/C59H76FN9O8S/c1-39-53(78-38-63-39)44-15-13-41(14-16-44)35-62-56(73)51-34-48(70)37-69(51)57(74)54(59(3,4)5)65-52(71)19-27-76-29-30-77-28-26-66-22-24-68(25-23-66)58(75)64-47-32-42(31-46(60)33-47)36-61-55(72)45-17-20-67(21-18-45)40(2)49-12-8-10-43-9-6-7-11-50(43)49/h6-16,31-33,38,40,45,48,51,54,70H,17-30,34-37H2,1-5H3,(H,61,72)(H,62,73)(H,64,75)(H,65,71)/t40-,48-,51+,54-/m1/s1. The van der Waals surface area contributed by atoms with E-state index in [-0.39, 0.29) is 81.4 Å². The summed E-state index contributed by atoms with van der Waals surface area (Å²) in [5.74, 6) is -1.84. The van der Waals surface area contributed by atoms with E-state index in [0.29, 0.717) is 57.2 Å². The molecule has 78 heavy (non-hydrogen) atoms. The Morgan fingerprint density at radius 2 is 1.51 bits per heavy atom. The van der Waals surface area contributed by atoms with Gasteiger partial charge >= 0.3 is 6.03 Å². The lowest BCUT2D eigenvalue weighted by atomic mass is 9.85. The van der Waals surface area contributed by atoms with Gasteiger partial charge < -0.3 is 45.6 Å². The Hall–Kier alpha value is -6.35. The number of hydrogen-bond donors (Lipinski definition) is 5. The van der Waals surface area contributed by atoms with Crippen LogP contribution < -0.4 is 21.3 Å². The van der Waals surface area contributed by atoms with Crippen LogP contribution in [0.25, 0.3) is 21.2 Å². The maximum atomic E-state index is 14.8. The fraction of sp³-hybridized carbons (Fsp3) is 0.492. The van der Waals surface area contributed by atoms with Gasteiger partial charge in [0.15, 0.2) is 0 Å². The summed E-state index contributed by atoms with van der Waals surface area (Å²) in [6, 6.07) is 25.1. The second-order valence-corrected chi connectivity index (χ2v) is 22.7. The molecule has 3 fully saturated rings. The summed E-state index contributed by atoms with van der Waals surface area (Å²) in [6.45, 7) is 15.8. The number of aliphatic hydroxyl groups excluding tert-OH is 1. The number of piperazine rings is 1. The molecule has 1 aromatic heterocycles. The van der Waals surface area contributed by atoms with E-state index in [1.807, 2.05) is 57.5 Å². The van der Waals surface area contributed by atoms with Crippen LogP contribution in [-0.2, 0) is 41.7 Å². The number of nitrogens with one attached hydrogen (secondary N) is 4. The molecule has 0 radical (unpaired) electrons. The van der Waals surface area contributed by atoms with E-state index >= 15 is 0 Å². The SMILES string of the molecule is Cc1ncsc1-c1ccc(CNC(=O)[C@@H]2C[C@@H](O)CN2C(=O)[C@@H](NC(=O)CCOCCOCCN2CCN(C(=O)Nc3cc(F)cc(CNC(=O)C4CCN([C@H](C)c5cccc6ccccc56)CC4)c3)CC2)C(C)(C)C)cc1. The molecule has 4 heterocycles. The normalized spacial score (nSPS) is 18.4. The molecule has 5 aromatic rings. The van der Waals surface area contributed by atoms with E-state index in [1.165, 1.54) is 33.4 Å². The highest BCUT2D eigenvalue weighted by Crippen LogP contribution is 2.32. The van der Waals surface area contributed by atoms with Crippen molar-refractivity contribution in [3.8, 4) is 10.4 Å². The zero-order valence-corrected chi connectivity index (χ0v) is 46.4. The fourth-order valence-corrected chi connectivity index (χ4v) is 11.4. The zero-order chi connectivity index (χ0) is 55.3. The molecule has 19 heteroatoms. The molecule has 5 N–H and O–H groups in total. The molecule has 0 bridgehead atoms. The first-order chi connectivity index (χ1) is 37.5. The van der Waals surface area contributed by atoms with Crippen molar-refractivity contribution in [1.82, 2.24) is 40.5 Å². The van der Waals surface area contributed by atoms with Gasteiger partial charge in [0.2, 0.25) is 23.6 Å². The van der Waals surface area contributed by atoms with Crippen LogP contribution in [0.15, 0.2) is 90.4 Å². The molecule has 4 atom stereocenters. The van der Waals surface area contributed by atoms with Crippen LogP contribution in [-0.4, -0.2) is 156 Å². The van der Waals surface area contributed by atoms with Crippen molar-refractivity contribution in [2.24, 2.45) is 11.3 Å². The Bertz CT molecular complexity index is 2840. The molecule has 8 rings (SSSR count). The van der Waals surface area contributed by atoms with E-state index in [1.54, 1.807) is 22.3 Å². The van der Waals surface area contributed by atoms with Crippen molar-refractivity contribution in [3.05, 3.63) is 119 Å². The molecule has 0 saturated carbocycles. The number of nitrogens with zero attached hydrogens (tertiary/aromatic N) is 5. The van der Waals surface area contributed by atoms with Crippen molar-refractivity contribution in [2.45, 2.75) is 97.6 Å². The lowest BCUT2D eigenvalue weighted by molar-refractivity contribution is -0.144. The summed E-state index contributed by atoms with van der Waals surface area (Å²) < 4.78 is 26.3. The number of benzene rings is 4. The van der Waals surface area contributed by atoms with E-state index in [4.69, 9.17) is 9.47 Å². The number of halogens is 1. The van der Waals surface area contributed by atoms with Gasteiger partial charge in [0.1, 0.15) is 17.9 Å². The minimum Gasteiger partial charge on any atom is -0.391 e. The minimum absolute atomic E-state index is 0.0121. The molecule has 0 spiro atoms. The predicted octanol–water partition coefficient (Wildman–Crippen LogP) is 6.88. The number of carbonyl (C=O) groups is 5. The Labute approximate surface area is 461 Å². The number of piperidine rings is 1. The first-order valence-corrected chi connectivity index (χ1v) is 28.2. The van der Waals surface area contributed by atoms with Crippen LogP contribution in [0.1, 0.15) is 81.8 Å². The molecule has 0 unspecified atom stereocenters. The number of aromatic nitrogens is 1. The fourth-order valence-electron chi connectivity index (χ4n) is 10.6. The van der Waals surface area contributed by atoms with Crippen LogP contribution in [0, 0.1) is 24.1 Å². The topological polar surface area (TPSA) is 198 Å². The number of urea groups is 1. The van der Waals surface area contributed by atoms with Crippen molar-refractivity contribution in [2.75, 3.05) is 84.1 Å². The van der Waals surface area contributed by atoms with Gasteiger partial charge in [0.25, 0.3) is 0 Å². The zero-order valence-electron chi connectivity index (χ0n) is 45.6. The smallest absolute Gasteiger partial charge is 0.321 e. The molecular weight excluding hydrogens is 1010 g/mol. The summed E-state index contributed by atoms with van der Waals surface area (Å²) in [4.78, 5) is 80.2. The second kappa shape index (κ2) is 27.0. The number of aryl methyl sites for hydroxylation is 1. The summed E-state index contributed by atoms with van der Waals surface area (Å²) in [5.41, 5.74) is 6.20. The highest BCUT2D eigenvalue weighted by molar-refractivity contribution is 7.13. The van der Waals surface area contributed by atoms with E-state index in [2.05, 4.69) is 85.4 Å². The Morgan fingerprint density at radius 3 is 2.23 bits per heavy atom. The second-order valence-electron chi connectivity index (χ2n) is 21.8. The average Bonchev–Trinajstić information content (AvgIpc) is 4.07. The third-order valence-corrected chi connectivity index (χ3v) is 16.1. The highest BCUT2D eigenvalue weighted by atomic mass is 32.1. The number of hydrogen-bond acceptors (Lipinski definition) is 12. The van der Waals surface area contributed by atoms with Crippen LogP contribution in [0.5, 0.6) is 0 Å². The van der Waals surface area contributed by atoms with Crippen molar-refractivity contribution in [1.29, 1.82) is 0 Å². The van der Waals surface area contributed by atoms with Crippen molar-refractivity contribution < 1.29 is 42.9 Å². The van der Waals surface area contributed by atoms with Crippen LogP contribution in [0.4, 0.5) is 14.9 Å². The van der Waals surface area contributed by atoms with Gasteiger partial charge in [0.05, 0.1) is 48.6 Å². The molecule has 3 saturated heterocycles. The summed E-state index contributed by atoms with van der Waals surface area (Å²) in [5, 5.41) is 24.7. The van der Waals surface area contributed by atoms with Crippen LogP contribution in [0.3, 0.4) is 0 Å². The summed E-state index contributed by atoms with van der Waals surface area (Å²) >= 11 is 1.57. The lowest BCUT2D eigenvalue weighted by Gasteiger charge is -2.36. The molecule has 17 nitrogen and oxygen atoms in total. The van der Waals surface area contributed by atoms with E-state index < -0.39 is 35.3 Å². The van der Waals surface area contributed by atoms with Gasteiger partial charge in [-0.25, -0.2) is 14.2 Å². The maximum absolute atomic E-state index is 14.8. The van der Waals surface area contributed by atoms with Crippen LogP contribution in [0.2, 0.25) is 0 Å². The van der Waals surface area contributed by atoms with Crippen LogP contribution >= 0.6 is 11.3 Å².